The number of hydrogen-bond acceptors (Lipinski definition) is 6. The monoisotopic (exact) mass is 514 g/mol. The molecule has 6 aromatic rings. The summed E-state index contributed by atoms with van der Waals surface area (Å²) in [6.07, 6.45) is 1.73. The van der Waals surface area contributed by atoms with Crippen molar-refractivity contribution in [2.45, 2.75) is 6.61 Å². The number of nitro benzene ring substituents is 1. The molecule has 0 aliphatic heterocycles. The molecule has 0 atom stereocenters. The lowest BCUT2D eigenvalue weighted by atomic mass is 10.1. The van der Waals surface area contributed by atoms with Gasteiger partial charge in [-0.15, -0.1) is 5.10 Å². The highest BCUT2D eigenvalue weighted by Crippen LogP contribution is 2.36. The average molecular weight is 515 g/mol. The van der Waals surface area contributed by atoms with E-state index >= 15 is 0 Å². The second-order valence-corrected chi connectivity index (χ2v) is 8.75. The highest BCUT2D eigenvalue weighted by Gasteiger charge is 2.18. The van der Waals surface area contributed by atoms with Crippen LogP contribution >= 0.6 is 0 Å². The van der Waals surface area contributed by atoms with Gasteiger partial charge in [-0.3, -0.25) is 10.1 Å². The Morgan fingerprint density at radius 1 is 0.821 bits per heavy atom. The highest BCUT2D eigenvalue weighted by molar-refractivity contribution is 5.82. The predicted molar refractivity (Wildman–Crippen MR) is 147 cm³/mol. The summed E-state index contributed by atoms with van der Waals surface area (Å²) in [5, 5.41) is 19.2. The van der Waals surface area contributed by atoms with Crippen LogP contribution in [0.1, 0.15) is 5.69 Å². The van der Waals surface area contributed by atoms with Gasteiger partial charge in [0.1, 0.15) is 23.9 Å². The fourth-order valence-electron chi connectivity index (χ4n) is 4.28. The van der Waals surface area contributed by atoms with Crippen LogP contribution in [0.15, 0.2) is 115 Å². The Kier molecular flexibility index (Phi) is 6.36. The first-order valence-electron chi connectivity index (χ1n) is 12.2. The lowest BCUT2D eigenvalue weighted by molar-refractivity contribution is -0.384. The van der Waals surface area contributed by atoms with Crippen LogP contribution in [0.5, 0.6) is 5.75 Å². The maximum Gasteiger partial charge on any atom is 0.269 e. The first-order chi connectivity index (χ1) is 19.2. The van der Waals surface area contributed by atoms with Crippen molar-refractivity contribution in [3.8, 4) is 45.3 Å². The lowest BCUT2D eigenvalue weighted by Crippen LogP contribution is -1.98. The minimum atomic E-state index is -0.438. The summed E-state index contributed by atoms with van der Waals surface area (Å²) in [4.78, 5) is 19.0. The van der Waals surface area contributed by atoms with Crippen LogP contribution in [0, 0.1) is 10.1 Å². The van der Waals surface area contributed by atoms with Crippen LogP contribution in [0.3, 0.4) is 0 Å². The van der Waals surface area contributed by atoms with Gasteiger partial charge in [0.15, 0.2) is 0 Å². The Balaban J connectivity index is 1.28. The fourth-order valence-corrected chi connectivity index (χ4v) is 4.28. The Labute approximate surface area is 223 Å². The number of ether oxygens (including phenoxy) is 1. The molecule has 1 N–H and O–H groups in total. The molecule has 0 spiro atoms. The molecule has 0 fully saturated rings. The van der Waals surface area contributed by atoms with Gasteiger partial charge in [-0.25, -0.2) is 9.67 Å². The van der Waals surface area contributed by atoms with Gasteiger partial charge in [0.2, 0.25) is 0 Å². The molecule has 2 aromatic heterocycles. The molecule has 0 aliphatic carbocycles. The summed E-state index contributed by atoms with van der Waals surface area (Å²) >= 11 is 0. The SMILES string of the molecule is O=[N+]([O-])c1ccc(-n2cc(COc3ccccc3-c3nc(-c4ccccc4)c(-c4ccccc4)[nH]3)nn2)cc1. The lowest BCUT2D eigenvalue weighted by Gasteiger charge is -2.08. The largest absolute Gasteiger partial charge is 0.486 e. The quantitative estimate of drug-likeness (QED) is 0.184. The molecule has 2 heterocycles. The van der Waals surface area contributed by atoms with E-state index in [4.69, 9.17) is 9.72 Å². The number of nitrogens with one attached hydrogen (secondary N) is 1. The average Bonchev–Trinajstić information content (AvgIpc) is 3.65. The molecule has 6 rings (SSSR count). The van der Waals surface area contributed by atoms with Crippen molar-refractivity contribution >= 4 is 5.69 Å². The molecule has 0 saturated carbocycles. The van der Waals surface area contributed by atoms with Gasteiger partial charge < -0.3 is 9.72 Å². The topological polar surface area (TPSA) is 112 Å². The Bertz CT molecular complexity index is 1670. The van der Waals surface area contributed by atoms with Crippen molar-refractivity contribution in [2.75, 3.05) is 0 Å². The van der Waals surface area contributed by atoms with Crippen molar-refractivity contribution in [2.24, 2.45) is 0 Å². The molecule has 0 saturated heterocycles. The smallest absolute Gasteiger partial charge is 0.269 e. The van der Waals surface area contributed by atoms with Crippen LogP contribution in [0.2, 0.25) is 0 Å². The summed E-state index contributed by atoms with van der Waals surface area (Å²) in [6, 6.07) is 34.0. The van der Waals surface area contributed by atoms with Crippen LogP contribution in [-0.4, -0.2) is 29.9 Å². The van der Waals surface area contributed by atoms with Crippen molar-refractivity contribution in [3.63, 3.8) is 0 Å². The van der Waals surface area contributed by atoms with Crippen LogP contribution in [-0.2, 0) is 6.61 Å². The van der Waals surface area contributed by atoms with E-state index in [-0.39, 0.29) is 12.3 Å². The number of aromatic amines is 1. The Morgan fingerprint density at radius 2 is 1.49 bits per heavy atom. The minimum absolute atomic E-state index is 0.0165. The van der Waals surface area contributed by atoms with Crippen LogP contribution in [0.4, 0.5) is 5.69 Å². The highest BCUT2D eigenvalue weighted by atomic mass is 16.6. The third-order valence-electron chi connectivity index (χ3n) is 6.20. The number of para-hydroxylation sites is 1. The number of non-ortho nitro benzene ring substituents is 1. The molecular weight excluding hydrogens is 492 g/mol. The van der Waals surface area contributed by atoms with E-state index in [0.717, 1.165) is 28.1 Å². The van der Waals surface area contributed by atoms with Crippen LogP contribution in [0.25, 0.3) is 39.6 Å². The fraction of sp³-hybridized carbons (Fsp3) is 0.0333. The van der Waals surface area contributed by atoms with Gasteiger partial charge >= 0.3 is 0 Å². The first-order valence-corrected chi connectivity index (χ1v) is 12.2. The molecule has 9 nitrogen and oxygen atoms in total. The number of rotatable bonds is 8. The van der Waals surface area contributed by atoms with Gasteiger partial charge in [-0.1, -0.05) is 78.0 Å². The van der Waals surface area contributed by atoms with Crippen molar-refractivity contribution < 1.29 is 9.66 Å². The second kappa shape index (κ2) is 10.4. The molecule has 190 valence electrons. The van der Waals surface area contributed by atoms with E-state index in [1.807, 2.05) is 72.8 Å². The van der Waals surface area contributed by atoms with Gasteiger partial charge in [-0.2, -0.15) is 0 Å². The maximum absolute atomic E-state index is 10.9. The molecule has 39 heavy (non-hydrogen) atoms. The number of hydrogen-bond donors (Lipinski definition) is 1. The maximum atomic E-state index is 10.9. The molecular formula is C30H22N6O3. The number of nitrogens with zero attached hydrogens (tertiary/aromatic N) is 5. The Hall–Kier alpha value is -5.57. The molecule has 0 bridgehead atoms. The second-order valence-electron chi connectivity index (χ2n) is 8.75. The zero-order valence-corrected chi connectivity index (χ0v) is 20.6. The number of H-pyrrole nitrogens is 1. The number of nitro groups is 1. The summed E-state index contributed by atoms with van der Waals surface area (Å²) in [7, 11) is 0. The third kappa shape index (κ3) is 5.01. The zero-order valence-electron chi connectivity index (χ0n) is 20.6. The van der Waals surface area contributed by atoms with E-state index in [9.17, 15) is 10.1 Å². The zero-order chi connectivity index (χ0) is 26.6. The summed E-state index contributed by atoms with van der Waals surface area (Å²) < 4.78 is 7.73. The minimum Gasteiger partial charge on any atom is -0.486 e. The first kappa shape index (κ1) is 23.8. The molecule has 9 heteroatoms. The number of imidazole rings is 1. The van der Waals surface area contributed by atoms with Gasteiger partial charge in [0.05, 0.1) is 33.8 Å². The van der Waals surface area contributed by atoms with E-state index in [0.29, 0.717) is 23.0 Å². The standard InChI is InChI=1S/C30H22N6O3/c37-36(38)25-17-15-24(16-18-25)35-19-23(33-34-35)20-39-27-14-8-7-13-26(27)30-31-28(21-9-3-1-4-10-21)29(32-30)22-11-5-2-6-12-22/h1-19H,20H2,(H,31,32). The van der Waals surface area contributed by atoms with Gasteiger partial charge in [0.25, 0.3) is 5.69 Å². The number of benzene rings is 4. The summed E-state index contributed by atoms with van der Waals surface area (Å²) in [6.45, 7) is 0.182. The molecule has 4 aromatic carbocycles. The molecule has 0 radical (unpaired) electrons. The van der Waals surface area contributed by atoms with Gasteiger partial charge in [-0.05, 0) is 24.3 Å². The summed E-state index contributed by atoms with van der Waals surface area (Å²) in [5.41, 5.74) is 5.95. The van der Waals surface area contributed by atoms with Crippen molar-refractivity contribution in [3.05, 3.63) is 131 Å². The predicted octanol–water partition coefficient (Wildman–Crippen LogP) is 6.48. The van der Waals surface area contributed by atoms with Crippen molar-refractivity contribution in [1.29, 1.82) is 0 Å². The van der Waals surface area contributed by atoms with Crippen LogP contribution < -0.4 is 4.74 Å². The van der Waals surface area contributed by atoms with Gasteiger partial charge in [0, 0.05) is 23.3 Å². The normalized spacial score (nSPS) is 10.9. The van der Waals surface area contributed by atoms with E-state index < -0.39 is 4.92 Å². The van der Waals surface area contributed by atoms with E-state index in [2.05, 4.69) is 27.4 Å². The summed E-state index contributed by atoms with van der Waals surface area (Å²) in [5.74, 6) is 1.34. The van der Waals surface area contributed by atoms with E-state index in [1.54, 1.807) is 23.0 Å². The Morgan fingerprint density at radius 3 is 2.21 bits per heavy atom. The molecule has 0 unspecified atom stereocenters. The number of aromatic nitrogens is 5. The van der Waals surface area contributed by atoms with Crippen molar-refractivity contribution in [1.82, 2.24) is 25.0 Å². The third-order valence-corrected chi connectivity index (χ3v) is 6.20. The molecule has 0 amide bonds. The molecule has 0 aliphatic rings. The van der Waals surface area contributed by atoms with E-state index in [1.165, 1.54) is 12.1 Å².